The van der Waals surface area contributed by atoms with Gasteiger partial charge in [0.2, 0.25) is 6.79 Å². The molecule has 0 spiro atoms. The third-order valence-corrected chi connectivity index (χ3v) is 8.40. The molecular formula is C20H17FN2O5S2. The molecule has 156 valence electrons. The number of sulfone groups is 1. The predicted molar refractivity (Wildman–Crippen MR) is 111 cm³/mol. The van der Waals surface area contributed by atoms with Gasteiger partial charge in [0.05, 0.1) is 24.0 Å². The van der Waals surface area contributed by atoms with E-state index in [1.807, 2.05) is 4.90 Å². The van der Waals surface area contributed by atoms with Crippen molar-refractivity contribution < 1.29 is 27.1 Å². The van der Waals surface area contributed by atoms with E-state index in [4.69, 9.17) is 9.47 Å². The average molecular weight is 448 g/mol. The minimum Gasteiger partial charge on any atom is -0.454 e. The summed E-state index contributed by atoms with van der Waals surface area (Å²) in [5.41, 5.74) is 1.36. The number of thioether (sulfide) groups is 1. The molecular weight excluding hydrogens is 431 g/mol. The molecule has 0 aromatic heterocycles. The van der Waals surface area contributed by atoms with Gasteiger partial charge in [0.15, 0.2) is 26.5 Å². The number of carbonyl (C=O) groups is 1. The van der Waals surface area contributed by atoms with Crippen LogP contribution in [0.3, 0.4) is 0 Å². The first-order valence-electron chi connectivity index (χ1n) is 9.30. The molecule has 3 aliphatic rings. The molecule has 0 N–H and O–H groups in total. The molecule has 5 rings (SSSR count). The molecule has 30 heavy (non-hydrogen) atoms. The number of anilines is 1. The van der Waals surface area contributed by atoms with Crippen molar-refractivity contribution in [1.29, 1.82) is 0 Å². The van der Waals surface area contributed by atoms with Gasteiger partial charge in [-0.2, -0.15) is 4.99 Å². The Hall–Kier alpha value is -2.59. The summed E-state index contributed by atoms with van der Waals surface area (Å²) >= 11 is 1.30. The minimum atomic E-state index is -3.16. The first-order valence-corrected chi connectivity index (χ1v) is 12.0. The molecule has 2 unspecified atom stereocenters. The van der Waals surface area contributed by atoms with Crippen LogP contribution in [0.5, 0.6) is 11.5 Å². The van der Waals surface area contributed by atoms with Crippen molar-refractivity contribution in [3.05, 3.63) is 53.8 Å². The Labute approximate surface area is 176 Å². The summed E-state index contributed by atoms with van der Waals surface area (Å²) in [4.78, 5) is 18.7. The summed E-state index contributed by atoms with van der Waals surface area (Å²) < 4.78 is 48.2. The van der Waals surface area contributed by atoms with E-state index in [1.165, 1.54) is 23.9 Å². The maximum absolute atomic E-state index is 13.1. The van der Waals surface area contributed by atoms with E-state index in [-0.39, 0.29) is 47.7 Å². The van der Waals surface area contributed by atoms with Crippen molar-refractivity contribution in [2.24, 2.45) is 4.99 Å². The van der Waals surface area contributed by atoms with Crippen molar-refractivity contribution in [3.63, 3.8) is 0 Å². The van der Waals surface area contributed by atoms with E-state index in [9.17, 15) is 17.6 Å². The molecule has 0 saturated carbocycles. The van der Waals surface area contributed by atoms with E-state index >= 15 is 0 Å². The summed E-state index contributed by atoms with van der Waals surface area (Å²) in [6.07, 6.45) is 0.0347. The summed E-state index contributed by atoms with van der Waals surface area (Å²) in [6, 6.07) is 10.7. The zero-order valence-electron chi connectivity index (χ0n) is 15.7. The third-order valence-electron chi connectivity index (χ3n) is 5.19. The minimum absolute atomic E-state index is 0.00425. The summed E-state index contributed by atoms with van der Waals surface area (Å²) in [5.74, 6) is 0.495. The molecule has 7 nitrogen and oxygen atoms in total. The number of amides is 1. The zero-order chi connectivity index (χ0) is 20.9. The summed E-state index contributed by atoms with van der Waals surface area (Å²) in [7, 11) is -3.16. The topological polar surface area (TPSA) is 85.3 Å². The first-order chi connectivity index (χ1) is 14.4. The number of hydrogen-bond acceptors (Lipinski definition) is 6. The molecule has 10 heteroatoms. The fourth-order valence-corrected chi connectivity index (χ4v) is 7.76. The van der Waals surface area contributed by atoms with E-state index in [0.717, 1.165) is 0 Å². The molecule has 2 aromatic rings. The van der Waals surface area contributed by atoms with Crippen LogP contribution in [0.1, 0.15) is 5.56 Å². The Morgan fingerprint density at radius 1 is 1.13 bits per heavy atom. The standard InChI is InChI=1S/C20H17FN2O5S2/c21-13-3-1-12(2-4-13)7-19(24)22-20-23(15-9-30(25,26)10-18(15)29-20)14-5-6-16-17(8-14)28-11-27-16/h1-6,8,15,18H,7,9-11H2. The van der Waals surface area contributed by atoms with Crippen LogP contribution in [0, 0.1) is 5.82 Å². The van der Waals surface area contributed by atoms with Crippen LogP contribution < -0.4 is 14.4 Å². The Kier molecular flexibility index (Phi) is 4.70. The van der Waals surface area contributed by atoms with Crippen LogP contribution >= 0.6 is 11.8 Å². The van der Waals surface area contributed by atoms with Gasteiger partial charge >= 0.3 is 0 Å². The Balaban J connectivity index is 1.46. The van der Waals surface area contributed by atoms with Crippen molar-refractivity contribution in [3.8, 4) is 11.5 Å². The van der Waals surface area contributed by atoms with Gasteiger partial charge < -0.3 is 14.4 Å². The summed E-state index contributed by atoms with van der Waals surface area (Å²) in [6.45, 7) is 0.130. The first kappa shape index (κ1) is 19.4. The van der Waals surface area contributed by atoms with Crippen LogP contribution in [0.2, 0.25) is 0 Å². The Morgan fingerprint density at radius 3 is 2.70 bits per heavy atom. The van der Waals surface area contributed by atoms with Gasteiger partial charge in [0, 0.05) is 17.0 Å². The highest BCUT2D eigenvalue weighted by molar-refractivity contribution is 8.16. The smallest absolute Gasteiger partial charge is 0.252 e. The largest absolute Gasteiger partial charge is 0.454 e. The Morgan fingerprint density at radius 2 is 1.90 bits per heavy atom. The van der Waals surface area contributed by atoms with Gasteiger partial charge in [-0.15, -0.1) is 0 Å². The van der Waals surface area contributed by atoms with Gasteiger partial charge in [0.25, 0.3) is 5.91 Å². The van der Waals surface area contributed by atoms with Crippen LogP contribution in [0.4, 0.5) is 10.1 Å². The normalized spacial score (nSPS) is 25.0. The molecule has 0 radical (unpaired) electrons. The lowest BCUT2D eigenvalue weighted by Crippen LogP contribution is -2.37. The van der Waals surface area contributed by atoms with E-state index < -0.39 is 9.84 Å². The number of ether oxygens (including phenoxy) is 2. The third kappa shape index (κ3) is 3.65. The lowest BCUT2D eigenvalue weighted by molar-refractivity contribution is -0.117. The fraction of sp³-hybridized carbons (Fsp3) is 0.300. The van der Waals surface area contributed by atoms with E-state index in [1.54, 1.807) is 30.3 Å². The SMILES string of the molecule is O=C(Cc1ccc(F)cc1)N=C1SC2CS(=O)(=O)CC2N1c1ccc2c(c1)OCO2. The average Bonchev–Trinajstić information content (AvgIpc) is 3.34. The number of benzene rings is 2. The van der Waals surface area contributed by atoms with Crippen LogP contribution in [0.15, 0.2) is 47.5 Å². The predicted octanol–water partition coefficient (Wildman–Crippen LogP) is 2.40. The molecule has 2 saturated heterocycles. The van der Waals surface area contributed by atoms with Crippen molar-refractivity contribution in [2.45, 2.75) is 17.7 Å². The van der Waals surface area contributed by atoms with Crippen molar-refractivity contribution in [1.82, 2.24) is 0 Å². The van der Waals surface area contributed by atoms with Gasteiger partial charge in [-0.25, -0.2) is 12.8 Å². The van der Waals surface area contributed by atoms with E-state index in [0.29, 0.717) is 27.9 Å². The monoisotopic (exact) mass is 448 g/mol. The highest BCUT2D eigenvalue weighted by Crippen LogP contribution is 2.43. The molecule has 3 heterocycles. The Bertz CT molecular complexity index is 1150. The second-order valence-electron chi connectivity index (χ2n) is 7.30. The number of hydrogen-bond donors (Lipinski definition) is 0. The highest BCUT2D eigenvalue weighted by Gasteiger charge is 2.49. The second kappa shape index (κ2) is 7.28. The van der Waals surface area contributed by atoms with Crippen LogP contribution in [-0.2, 0) is 21.1 Å². The number of aliphatic imine (C=N–C) groups is 1. The molecule has 0 aliphatic carbocycles. The number of rotatable bonds is 3. The number of fused-ring (bicyclic) bond motifs is 2. The molecule has 3 aliphatic heterocycles. The quantitative estimate of drug-likeness (QED) is 0.713. The van der Waals surface area contributed by atoms with Crippen LogP contribution in [0.25, 0.3) is 0 Å². The highest BCUT2D eigenvalue weighted by atomic mass is 32.2. The van der Waals surface area contributed by atoms with Crippen molar-refractivity contribution >= 4 is 38.4 Å². The lowest BCUT2D eigenvalue weighted by atomic mass is 10.1. The van der Waals surface area contributed by atoms with Gasteiger partial charge in [0.1, 0.15) is 5.82 Å². The number of halogens is 1. The number of carbonyl (C=O) groups excluding carboxylic acids is 1. The molecule has 2 atom stereocenters. The van der Waals surface area contributed by atoms with E-state index in [2.05, 4.69) is 4.99 Å². The number of amidine groups is 1. The maximum Gasteiger partial charge on any atom is 0.252 e. The second-order valence-corrected chi connectivity index (χ2v) is 10.7. The van der Waals surface area contributed by atoms with Crippen LogP contribution in [-0.4, -0.2) is 49.1 Å². The lowest BCUT2D eigenvalue weighted by Gasteiger charge is -2.24. The number of nitrogens with zero attached hydrogens (tertiary/aromatic N) is 2. The summed E-state index contributed by atoms with van der Waals surface area (Å²) in [5, 5.41) is 0.267. The molecule has 2 fully saturated rings. The fourth-order valence-electron chi connectivity index (χ4n) is 3.82. The maximum atomic E-state index is 13.1. The van der Waals surface area contributed by atoms with Gasteiger partial charge in [-0.1, -0.05) is 23.9 Å². The van der Waals surface area contributed by atoms with Crippen molar-refractivity contribution in [2.75, 3.05) is 23.2 Å². The zero-order valence-corrected chi connectivity index (χ0v) is 17.3. The molecule has 2 aromatic carbocycles. The molecule has 0 bridgehead atoms. The molecule has 1 amide bonds. The van der Waals surface area contributed by atoms with Gasteiger partial charge in [-0.05, 0) is 29.8 Å². The van der Waals surface area contributed by atoms with Gasteiger partial charge in [-0.3, -0.25) is 4.79 Å².